The van der Waals surface area contributed by atoms with E-state index in [0.29, 0.717) is 19.3 Å². The summed E-state index contributed by atoms with van der Waals surface area (Å²) >= 11 is 0. The SMILES string of the molecule is CCCc1cc2c(cn1)cc(C1CC(NC(=O)C3CCCC(C(F)(F)F)C3)CCC1C)c(=O)n2C. The molecule has 8 heteroatoms. The Morgan fingerprint density at radius 2 is 1.94 bits per heavy atom. The second kappa shape index (κ2) is 10.3. The number of aryl methyl sites for hydroxylation is 2. The molecule has 5 atom stereocenters. The molecule has 5 nitrogen and oxygen atoms in total. The largest absolute Gasteiger partial charge is 0.391 e. The first-order chi connectivity index (χ1) is 16.6. The fraction of sp³-hybridized carbons (Fsp3) is 0.667. The van der Waals surface area contributed by atoms with E-state index in [0.717, 1.165) is 47.8 Å². The maximum atomic E-state index is 13.4. The van der Waals surface area contributed by atoms with Crippen LogP contribution in [0.4, 0.5) is 13.2 Å². The van der Waals surface area contributed by atoms with Crippen molar-refractivity contribution in [2.24, 2.45) is 24.8 Å². The molecule has 35 heavy (non-hydrogen) atoms. The van der Waals surface area contributed by atoms with E-state index in [-0.39, 0.29) is 42.2 Å². The van der Waals surface area contributed by atoms with E-state index in [2.05, 4.69) is 24.1 Å². The van der Waals surface area contributed by atoms with Gasteiger partial charge in [-0.2, -0.15) is 13.2 Å². The summed E-state index contributed by atoms with van der Waals surface area (Å²) in [6.45, 7) is 4.22. The summed E-state index contributed by atoms with van der Waals surface area (Å²) in [5.41, 5.74) is 2.52. The van der Waals surface area contributed by atoms with Gasteiger partial charge in [0.15, 0.2) is 0 Å². The quantitative estimate of drug-likeness (QED) is 0.589. The van der Waals surface area contributed by atoms with Gasteiger partial charge in [-0.05, 0) is 68.9 Å². The highest BCUT2D eigenvalue weighted by molar-refractivity contribution is 5.80. The molecular formula is C27H36F3N3O2. The number of nitrogens with zero attached hydrogens (tertiary/aromatic N) is 2. The highest BCUT2D eigenvalue weighted by atomic mass is 19.4. The molecule has 2 aliphatic rings. The van der Waals surface area contributed by atoms with Crippen LogP contribution < -0.4 is 10.9 Å². The molecule has 1 amide bonds. The third-order valence-corrected chi connectivity index (χ3v) is 8.15. The molecule has 0 aliphatic heterocycles. The first-order valence-corrected chi connectivity index (χ1v) is 12.9. The molecule has 0 bridgehead atoms. The highest BCUT2D eigenvalue weighted by Crippen LogP contribution is 2.41. The van der Waals surface area contributed by atoms with E-state index in [1.165, 1.54) is 0 Å². The summed E-state index contributed by atoms with van der Waals surface area (Å²) in [5.74, 6) is -2.01. The monoisotopic (exact) mass is 491 g/mol. The zero-order valence-electron chi connectivity index (χ0n) is 20.8. The van der Waals surface area contributed by atoms with Gasteiger partial charge in [-0.3, -0.25) is 14.6 Å². The highest BCUT2D eigenvalue weighted by Gasteiger charge is 2.44. The van der Waals surface area contributed by atoms with Crippen LogP contribution in [0, 0.1) is 17.8 Å². The molecule has 2 aliphatic carbocycles. The Hall–Kier alpha value is -2.38. The molecule has 1 N–H and O–H groups in total. The molecule has 2 fully saturated rings. The van der Waals surface area contributed by atoms with Gasteiger partial charge < -0.3 is 9.88 Å². The summed E-state index contributed by atoms with van der Waals surface area (Å²) < 4.78 is 41.3. The number of hydrogen-bond donors (Lipinski definition) is 1. The van der Waals surface area contributed by atoms with Crippen molar-refractivity contribution in [2.45, 2.75) is 89.8 Å². The Morgan fingerprint density at radius 1 is 1.17 bits per heavy atom. The van der Waals surface area contributed by atoms with E-state index in [4.69, 9.17) is 0 Å². The van der Waals surface area contributed by atoms with Crippen LogP contribution in [0.2, 0.25) is 0 Å². The molecular weight excluding hydrogens is 455 g/mol. The van der Waals surface area contributed by atoms with Crippen molar-refractivity contribution < 1.29 is 18.0 Å². The van der Waals surface area contributed by atoms with Crippen molar-refractivity contribution in [2.75, 3.05) is 0 Å². The molecule has 0 aromatic carbocycles. The van der Waals surface area contributed by atoms with Gasteiger partial charge in [0.2, 0.25) is 5.91 Å². The van der Waals surface area contributed by atoms with Gasteiger partial charge in [0.05, 0.1) is 11.4 Å². The van der Waals surface area contributed by atoms with Crippen molar-refractivity contribution in [1.82, 2.24) is 14.9 Å². The van der Waals surface area contributed by atoms with Gasteiger partial charge >= 0.3 is 6.18 Å². The fourth-order valence-corrected chi connectivity index (χ4v) is 6.02. The third kappa shape index (κ3) is 5.56. The van der Waals surface area contributed by atoms with Crippen molar-refractivity contribution >= 4 is 16.8 Å². The van der Waals surface area contributed by atoms with Crippen LogP contribution >= 0.6 is 0 Å². The summed E-state index contributed by atoms with van der Waals surface area (Å²) in [4.78, 5) is 30.8. The Balaban J connectivity index is 1.51. The van der Waals surface area contributed by atoms with Crippen LogP contribution in [-0.4, -0.2) is 27.7 Å². The minimum Gasteiger partial charge on any atom is -0.353 e. The molecule has 2 saturated carbocycles. The standard InChI is InChI=1S/C27H36F3N3O2/c1-4-6-20-14-24-18(15-31-20)12-23(26(35)33(24)3)22-13-21(10-9-16(22)2)32-25(34)17-7-5-8-19(11-17)27(28,29)30/h12,14-17,19,21-22H,4-11,13H2,1-3H3,(H,32,34). The Kier molecular flexibility index (Phi) is 7.57. The minimum atomic E-state index is -4.24. The lowest BCUT2D eigenvalue weighted by Crippen LogP contribution is -2.45. The maximum Gasteiger partial charge on any atom is 0.391 e. The number of rotatable bonds is 5. The minimum absolute atomic E-state index is 0.0262. The lowest BCUT2D eigenvalue weighted by molar-refractivity contribution is -0.186. The number of aromatic nitrogens is 2. The van der Waals surface area contributed by atoms with Crippen LogP contribution in [0.3, 0.4) is 0 Å². The fourth-order valence-electron chi connectivity index (χ4n) is 6.02. The van der Waals surface area contributed by atoms with Crippen molar-refractivity contribution in [3.05, 3.63) is 39.9 Å². The summed E-state index contributed by atoms with van der Waals surface area (Å²) in [7, 11) is 1.79. The predicted octanol–water partition coefficient (Wildman–Crippen LogP) is 5.64. The number of hydrogen-bond acceptors (Lipinski definition) is 3. The topological polar surface area (TPSA) is 64.0 Å². The molecule has 5 unspecified atom stereocenters. The summed E-state index contributed by atoms with van der Waals surface area (Å²) in [5, 5.41) is 3.96. The van der Waals surface area contributed by atoms with E-state index in [1.807, 2.05) is 18.3 Å². The van der Waals surface area contributed by atoms with E-state index >= 15 is 0 Å². The maximum absolute atomic E-state index is 13.4. The average Bonchev–Trinajstić information content (AvgIpc) is 2.83. The number of pyridine rings is 2. The molecule has 2 aromatic rings. The summed E-state index contributed by atoms with van der Waals surface area (Å²) in [6.07, 6.45) is 2.57. The lowest BCUT2D eigenvalue weighted by Gasteiger charge is -2.36. The van der Waals surface area contributed by atoms with Gasteiger partial charge in [-0.25, -0.2) is 0 Å². The van der Waals surface area contributed by atoms with Gasteiger partial charge in [-0.15, -0.1) is 0 Å². The number of carbonyl (C=O) groups excluding carboxylic acids is 1. The number of fused-ring (bicyclic) bond motifs is 1. The van der Waals surface area contributed by atoms with E-state index in [1.54, 1.807) is 11.6 Å². The molecule has 192 valence electrons. The van der Waals surface area contributed by atoms with Crippen LogP contribution in [-0.2, 0) is 18.3 Å². The zero-order valence-corrected chi connectivity index (χ0v) is 20.8. The van der Waals surface area contributed by atoms with Crippen LogP contribution in [0.25, 0.3) is 10.9 Å². The van der Waals surface area contributed by atoms with Gasteiger partial charge in [0.1, 0.15) is 0 Å². The van der Waals surface area contributed by atoms with E-state index < -0.39 is 18.0 Å². The number of halogens is 3. The molecule has 0 saturated heterocycles. The van der Waals surface area contributed by atoms with Crippen LogP contribution in [0.15, 0.2) is 23.1 Å². The Morgan fingerprint density at radius 3 is 2.66 bits per heavy atom. The normalized spacial score (nSPS) is 27.7. The second-order valence-electron chi connectivity index (χ2n) is 10.7. The Bertz CT molecular complexity index is 1130. The van der Waals surface area contributed by atoms with Crippen LogP contribution in [0.1, 0.15) is 82.4 Å². The third-order valence-electron chi connectivity index (χ3n) is 8.15. The van der Waals surface area contributed by atoms with Crippen LogP contribution in [0.5, 0.6) is 0 Å². The molecule has 0 radical (unpaired) electrons. The van der Waals surface area contributed by atoms with Crippen molar-refractivity contribution in [3.8, 4) is 0 Å². The van der Waals surface area contributed by atoms with Gasteiger partial charge in [0.25, 0.3) is 5.56 Å². The van der Waals surface area contributed by atoms with Crippen molar-refractivity contribution in [1.29, 1.82) is 0 Å². The lowest BCUT2D eigenvalue weighted by atomic mass is 9.74. The second-order valence-corrected chi connectivity index (χ2v) is 10.7. The number of carbonyl (C=O) groups is 1. The van der Waals surface area contributed by atoms with E-state index in [9.17, 15) is 22.8 Å². The van der Waals surface area contributed by atoms with Gasteiger partial charge in [0, 0.05) is 41.8 Å². The number of alkyl halides is 3. The van der Waals surface area contributed by atoms with Gasteiger partial charge in [-0.1, -0.05) is 26.7 Å². The smallest absolute Gasteiger partial charge is 0.353 e. The Labute approximate surface area is 204 Å². The summed E-state index contributed by atoms with van der Waals surface area (Å²) in [6, 6.07) is 3.79. The predicted molar refractivity (Wildman–Crippen MR) is 130 cm³/mol. The first-order valence-electron chi connectivity index (χ1n) is 12.9. The number of nitrogens with one attached hydrogen (secondary N) is 1. The molecule has 2 aromatic heterocycles. The molecule has 4 rings (SSSR count). The molecule has 0 spiro atoms. The zero-order chi connectivity index (χ0) is 25.3. The number of amides is 1. The molecule has 2 heterocycles. The average molecular weight is 492 g/mol. The first kappa shape index (κ1) is 25.7. The van der Waals surface area contributed by atoms with Crippen molar-refractivity contribution in [3.63, 3.8) is 0 Å².